The van der Waals surface area contributed by atoms with E-state index in [1.165, 1.54) is 0 Å². The molecule has 0 fully saturated rings. The Bertz CT molecular complexity index is 849. The zero-order valence-electron chi connectivity index (χ0n) is 16.4. The lowest BCUT2D eigenvalue weighted by Crippen LogP contribution is -2.39. The van der Waals surface area contributed by atoms with Crippen molar-refractivity contribution >= 4 is 23.2 Å². The number of methoxy groups -OCH3 is 1. The van der Waals surface area contributed by atoms with Crippen LogP contribution >= 0.6 is 11.6 Å². The van der Waals surface area contributed by atoms with Gasteiger partial charge in [-0.2, -0.15) is 0 Å². The second-order valence-electron chi connectivity index (χ2n) is 7.20. The first-order valence-electron chi connectivity index (χ1n) is 9.36. The predicted octanol–water partition coefficient (Wildman–Crippen LogP) is 4.53. The maximum atomic E-state index is 12.8. The standard InChI is InChI=1S/C22H25ClN2O3/c1-15(2)22(26)25(13-16-5-4-6-19(11-16)27-3)14-20-12-21(24-28-20)17-7-9-18(23)10-8-17/h4-11,15,20H,12-14H2,1-3H3/t20-/m0/s1. The lowest BCUT2D eigenvalue weighted by atomic mass is 10.0. The quantitative estimate of drug-likeness (QED) is 0.686. The maximum absolute atomic E-state index is 12.8. The summed E-state index contributed by atoms with van der Waals surface area (Å²) >= 11 is 5.95. The number of amides is 1. The molecule has 2 aromatic rings. The molecule has 3 rings (SSSR count). The molecule has 0 aliphatic carbocycles. The average Bonchev–Trinajstić information content (AvgIpc) is 3.16. The number of hydrogen-bond acceptors (Lipinski definition) is 4. The number of hydrogen-bond donors (Lipinski definition) is 0. The van der Waals surface area contributed by atoms with Crippen molar-refractivity contribution in [2.75, 3.05) is 13.7 Å². The van der Waals surface area contributed by atoms with Gasteiger partial charge in [-0.3, -0.25) is 4.79 Å². The SMILES string of the molecule is COc1cccc(CN(C[C@@H]2CC(c3ccc(Cl)cc3)=NO2)C(=O)C(C)C)c1. The topological polar surface area (TPSA) is 51.1 Å². The number of rotatable bonds is 7. The number of carbonyl (C=O) groups is 1. The molecule has 0 aromatic heterocycles. The summed E-state index contributed by atoms with van der Waals surface area (Å²) in [6.07, 6.45) is 0.487. The van der Waals surface area contributed by atoms with E-state index in [-0.39, 0.29) is 17.9 Å². The van der Waals surface area contributed by atoms with Gasteiger partial charge in [0.05, 0.1) is 19.4 Å². The summed E-state index contributed by atoms with van der Waals surface area (Å²) in [6.45, 7) is 4.80. The van der Waals surface area contributed by atoms with Gasteiger partial charge in [-0.05, 0) is 35.4 Å². The minimum atomic E-state index is -0.168. The number of nitrogens with zero attached hydrogens (tertiary/aromatic N) is 2. The van der Waals surface area contributed by atoms with E-state index in [4.69, 9.17) is 21.2 Å². The molecule has 1 heterocycles. The minimum absolute atomic E-state index is 0.0892. The van der Waals surface area contributed by atoms with Crippen molar-refractivity contribution in [3.05, 3.63) is 64.7 Å². The third-order valence-corrected chi connectivity index (χ3v) is 4.90. The molecule has 0 unspecified atom stereocenters. The Hall–Kier alpha value is -2.53. The van der Waals surface area contributed by atoms with Crippen molar-refractivity contribution in [2.24, 2.45) is 11.1 Å². The molecule has 0 spiro atoms. The van der Waals surface area contributed by atoms with Crippen LogP contribution in [0.15, 0.2) is 53.7 Å². The Kier molecular flexibility index (Phi) is 6.57. The van der Waals surface area contributed by atoms with Crippen molar-refractivity contribution in [3.8, 4) is 5.75 Å². The summed E-state index contributed by atoms with van der Waals surface area (Å²) < 4.78 is 5.29. The second-order valence-corrected chi connectivity index (χ2v) is 7.64. The second kappa shape index (κ2) is 9.11. The zero-order valence-corrected chi connectivity index (χ0v) is 17.1. The molecule has 1 atom stereocenters. The summed E-state index contributed by atoms with van der Waals surface area (Å²) in [4.78, 5) is 20.2. The first kappa shape index (κ1) is 20.2. The van der Waals surface area contributed by atoms with Crippen molar-refractivity contribution in [1.29, 1.82) is 0 Å². The van der Waals surface area contributed by atoms with E-state index in [1.807, 2.05) is 67.3 Å². The summed E-state index contributed by atoms with van der Waals surface area (Å²) in [5, 5.41) is 4.91. The number of carbonyl (C=O) groups excluding carboxylic acids is 1. The van der Waals surface area contributed by atoms with Gasteiger partial charge in [-0.15, -0.1) is 0 Å². The van der Waals surface area contributed by atoms with Crippen LogP contribution in [0, 0.1) is 5.92 Å². The van der Waals surface area contributed by atoms with Crippen molar-refractivity contribution in [1.82, 2.24) is 4.90 Å². The van der Waals surface area contributed by atoms with E-state index in [1.54, 1.807) is 7.11 Å². The molecule has 1 aliphatic rings. The molecule has 28 heavy (non-hydrogen) atoms. The van der Waals surface area contributed by atoms with Crippen LogP contribution in [0.25, 0.3) is 0 Å². The highest BCUT2D eigenvalue weighted by Gasteiger charge is 2.27. The molecule has 0 bridgehead atoms. The van der Waals surface area contributed by atoms with Crippen molar-refractivity contribution in [3.63, 3.8) is 0 Å². The Morgan fingerprint density at radius 1 is 1.29 bits per heavy atom. The lowest BCUT2D eigenvalue weighted by Gasteiger charge is -2.26. The van der Waals surface area contributed by atoms with Gasteiger partial charge in [-0.1, -0.05) is 54.9 Å². The molecular weight excluding hydrogens is 376 g/mol. The maximum Gasteiger partial charge on any atom is 0.225 e. The fourth-order valence-electron chi connectivity index (χ4n) is 3.17. The van der Waals surface area contributed by atoms with Crippen LogP contribution in [0.3, 0.4) is 0 Å². The largest absolute Gasteiger partial charge is 0.497 e. The fourth-order valence-corrected chi connectivity index (χ4v) is 3.30. The Morgan fingerprint density at radius 2 is 2.04 bits per heavy atom. The number of benzene rings is 2. The normalized spacial score (nSPS) is 15.9. The summed E-state index contributed by atoms with van der Waals surface area (Å²) in [7, 11) is 1.64. The zero-order chi connectivity index (χ0) is 20.1. The minimum Gasteiger partial charge on any atom is -0.497 e. The van der Waals surface area contributed by atoms with E-state index < -0.39 is 0 Å². The van der Waals surface area contributed by atoms with E-state index in [2.05, 4.69) is 5.16 Å². The summed E-state index contributed by atoms with van der Waals surface area (Å²) in [5.41, 5.74) is 2.88. The Labute approximate surface area is 170 Å². The highest BCUT2D eigenvalue weighted by Crippen LogP contribution is 2.21. The van der Waals surface area contributed by atoms with E-state index >= 15 is 0 Å². The number of halogens is 1. The van der Waals surface area contributed by atoms with E-state index in [0.29, 0.717) is 24.5 Å². The van der Waals surface area contributed by atoms with Gasteiger partial charge in [0, 0.05) is 23.9 Å². The van der Waals surface area contributed by atoms with Gasteiger partial charge < -0.3 is 14.5 Å². The van der Waals surface area contributed by atoms with Crippen LogP contribution in [0.4, 0.5) is 0 Å². The fraction of sp³-hybridized carbons (Fsp3) is 0.364. The molecular formula is C22H25ClN2O3. The Balaban J connectivity index is 1.68. The van der Waals surface area contributed by atoms with E-state index in [9.17, 15) is 4.79 Å². The third-order valence-electron chi connectivity index (χ3n) is 4.65. The number of oxime groups is 1. The highest BCUT2D eigenvalue weighted by atomic mass is 35.5. The van der Waals surface area contributed by atoms with Crippen LogP contribution in [0.1, 0.15) is 31.4 Å². The van der Waals surface area contributed by atoms with Crippen LogP contribution in [-0.4, -0.2) is 36.3 Å². The molecule has 0 radical (unpaired) electrons. The summed E-state index contributed by atoms with van der Waals surface area (Å²) in [6, 6.07) is 15.3. The third kappa shape index (κ3) is 5.04. The Morgan fingerprint density at radius 3 is 2.71 bits per heavy atom. The van der Waals surface area contributed by atoms with Crippen molar-refractivity contribution < 1.29 is 14.4 Å². The molecule has 148 valence electrons. The molecule has 0 saturated heterocycles. The van der Waals surface area contributed by atoms with Gasteiger partial charge in [0.15, 0.2) is 6.10 Å². The molecule has 0 saturated carbocycles. The first-order chi connectivity index (χ1) is 13.5. The molecule has 2 aromatic carbocycles. The van der Waals surface area contributed by atoms with Crippen LogP contribution in [0.5, 0.6) is 5.75 Å². The first-order valence-corrected chi connectivity index (χ1v) is 9.74. The summed E-state index contributed by atoms with van der Waals surface area (Å²) in [5.74, 6) is 0.773. The highest BCUT2D eigenvalue weighted by molar-refractivity contribution is 6.30. The van der Waals surface area contributed by atoms with Crippen LogP contribution in [-0.2, 0) is 16.2 Å². The van der Waals surface area contributed by atoms with E-state index in [0.717, 1.165) is 22.6 Å². The molecule has 6 heteroatoms. The van der Waals surface area contributed by atoms with Gasteiger partial charge >= 0.3 is 0 Å². The van der Waals surface area contributed by atoms with Gasteiger partial charge in [0.25, 0.3) is 0 Å². The van der Waals surface area contributed by atoms with Crippen LogP contribution < -0.4 is 4.74 Å². The molecule has 1 aliphatic heterocycles. The molecule has 1 amide bonds. The van der Waals surface area contributed by atoms with Gasteiger partial charge in [-0.25, -0.2) is 0 Å². The molecule has 0 N–H and O–H groups in total. The number of ether oxygens (including phenoxy) is 1. The predicted molar refractivity (Wildman–Crippen MR) is 111 cm³/mol. The molecule has 5 nitrogen and oxygen atoms in total. The van der Waals surface area contributed by atoms with Gasteiger partial charge in [0.1, 0.15) is 5.75 Å². The van der Waals surface area contributed by atoms with Gasteiger partial charge in [0.2, 0.25) is 5.91 Å². The smallest absolute Gasteiger partial charge is 0.225 e. The van der Waals surface area contributed by atoms with Crippen molar-refractivity contribution in [2.45, 2.75) is 32.9 Å². The monoisotopic (exact) mass is 400 g/mol. The average molecular weight is 401 g/mol. The van der Waals surface area contributed by atoms with Crippen LogP contribution in [0.2, 0.25) is 5.02 Å². The lowest BCUT2D eigenvalue weighted by molar-refractivity contribution is -0.136.